The average molecular weight is 608 g/mol. The Hall–Kier alpha value is -4.41. The molecule has 44 heavy (non-hydrogen) atoms. The standard InChI is InChI=1S/C33H41N3O8/c1-22-11-8-14-26(19-22)20-33(31(40)34-28(30(39)42-4)23(2)44-24(3)37)16-10-18-36(33)29(38)27-15-9-17-35(27)32(41)43-21-25-12-6-5-7-13-25/h5-8,11-14,19,23,27-28H,9-10,15-18,20-21H2,1-4H3,(H,34,40). The number of hydrogen-bond acceptors (Lipinski definition) is 8. The second-order valence-electron chi connectivity index (χ2n) is 11.5. The lowest BCUT2D eigenvalue weighted by Crippen LogP contribution is -2.64. The summed E-state index contributed by atoms with van der Waals surface area (Å²) in [7, 11) is 1.18. The van der Waals surface area contributed by atoms with E-state index in [0.717, 1.165) is 16.7 Å². The quantitative estimate of drug-likeness (QED) is 0.322. The van der Waals surface area contributed by atoms with Gasteiger partial charge in [-0.05, 0) is 50.7 Å². The molecule has 0 aliphatic carbocycles. The SMILES string of the molecule is COC(=O)C(NC(=O)C1(Cc2cccc(C)c2)CCCN1C(=O)C1CCCN1C(=O)OCc1ccccc1)C(C)OC(C)=O. The third-order valence-electron chi connectivity index (χ3n) is 8.30. The van der Waals surface area contributed by atoms with Gasteiger partial charge in [0.1, 0.15) is 24.3 Å². The number of rotatable bonds is 10. The summed E-state index contributed by atoms with van der Waals surface area (Å²) in [5.74, 6) is -2.30. The maximum Gasteiger partial charge on any atom is 0.410 e. The van der Waals surface area contributed by atoms with Crippen LogP contribution in [0.5, 0.6) is 0 Å². The predicted molar refractivity (Wildman–Crippen MR) is 160 cm³/mol. The van der Waals surface area contributed by atoms with Gasteiger partial charge < -0.3 is 24.4 Å². The molecular weight excluding hydrogens is 566 g/mol. The van der Waals surface area contributed by atoms with Crippen molar-refractivity contribution in [3.05, 3.63) is 71.3 Å². The van der Waals surface area contributed by atoms with Gasteiger partial charge in [-0.25, -0.2) is 9.59 Å². The van der Waals surface area contributed by atoms with E-state index >= 15 is 0 Å². The molecule has 4 unspecified atom stereocenters. The molecule has 11 nitrogen and oxygen atoms in total. The molecule has 1 N–H and O–H groups in total. The van der Waals surface area contributed by atoms with Crippen molar-refractivity contribution in [2.24, 2.45) is 0 Å². The van der Waals surface area contributed by atoms with Crippen molar-refractivity contribution in [2.45, 2.75) is 83.2 Å². The summed E-state index contributed by atoms with van der Waals surface area (Å²) in [6.07, 6.45) is 0.512. The lowest BCUT2D eigenvalue weighted by atomic mass is 9.85. The molecule has 3 amide bonds. The van der Waals surface area contributed by atoms with Crippen molar-refractivity contribution < 1.29 is 38.2 Å². The zero-order valence-corrected chi connectivity index (χ0v) is 25.7. The van der Waals surface area contributed by atoms with E-state index < -0.39 is 47.7 Å². The zero-order chi connectivity index (χ0) is 31.9. The zero-order valence-electron chi connectivity index (χ0n) is 25.7. The summed E-state index contributed by atoms with van der Waals surface area (Å²) in [6, 6.07) is 14.9. The molecule has 0 aromatic heterocycles. The van der Waals surface area contributed by atoms with Crippen LogP contribution < -0.4 is 5.32 Å². The molecule has 4 atom stereocenters. The highest BCUT2D eigenvalue weighted by molar-refractivity contribution is 5.97. The van der Waals surface area contributed by atoms with Crippen LogP contribution in [0.3, 0.4) is 0 Å². The van der Waals surface area contributed by atoms with Crippen LogP contribution in [0.1, 0.15) is 56.2 Å². The molecule has 2 aromatic carbocycles. The summed E-state index contributed by atoms with van der Waals surface area (Å²) < 4.78 is 15.7. The number of ether oxygens (including phenoxy) is 3. The van der Waals surface area contributed by atoms with Gasteiger partial charge in [0, 0.05) is 26.4 Å². The molecule has 2 saturated heterocycles. The fourth-order valence-corrected chi connectivity index (χ4v) is 6.18. The Kier molecular flexibility index (Phi) is 10.6. The van der Waals surface area contributed by atoms with E-state index in [-0.39, 0.29) is 18.9 Å². The van der Waals surface area contributed by atoms with Crippen molar-refractivity contribution >= 4 is 29.8 Å². The minimum Gasteiger partial charge on any atom is -0.467 e. The molecule has 0 spiro atoms. The van der Waals surface area contributed by atoms with E-state index in [1.165, 1.54) is 25.9 Å². The number of hydrogen-bond donors (Lipinski definition) is 1. The number of amides is 3. The van der Waals surface area contributed by atoms with Gasteiger partial charge in [-0.2, -0.15) is 0 Å². The average Bonchev–Trinajstić information content (AvgIpc) is 3.66. The second-order valence-corrected chi connectivity index (χ2v) is 11.5. The summed E-state index contributed by atoms with van der Waals surface area (Å²) in [5, 5.41) is 2.75. The first kappa shape index (κ1) is 32.5. The Bertz CT molecular complexity index is 1370. The maximum atomic E-state index is 14.3. The third-order valence-corrected chi connectivity index (χ3v) is 8.30. The first-order chi connectivity index (χ1) is 21.1. The molecule has 11 heteroatoms. The van der Waals surface area contributed by atoms with Gasteiger partial charge in [0.2, 0.25) is 11.8 Å². The number of nitrogens with one attached hydrogen (secondary N) is 1. The van der Waals surface area contributed by atoms with Crippen molar-refractivity contribution in [3.8, 4) is 0 Å². The number of methoxy groups -OCH3 is 1. The number of carbonyl (C=O) groups is 5. The van der Waals surface area contributed by atoms with Crippen LogP contribution in [-0.4, -0.2) is 83.6 Å². The minimum atomic E-state index is -1.37. The fraction of sp³-hybridized carbons (Fsp3) is 0.485. The summed E-state index contributed by atoms with van der Waals surface area (Å²) in [6.45, 7) is 5.38. The number of benzene rings is 2. The smallest absolute Gasteiger partial charge is 0.410 e. The molecule has 2 aromatic rings. The van der Waals surface area contributed by atoms with Crippen molar-refractivity contribution in [1.29, 1.82) is 0 Å². The molecule has 4 rings (SSSR count). The first-order valence-corrected chi connectivity index (χ1v) is 15.0. The highest BCUT2D eigenvalue weighted by Gasteiger charge is 2.53. The topological polar surface area (TPSA) is 132 Å². The minimum absolute atomic E-state index is 0.0793. The van der Waals surface area contributed by atoms with E-state index in [1.54, 1.807) is 4.90 Å². The third kappa shape index (κ3) is 7.38. The summed E-state index contributed by atoms with van der Waals surface area (Å²) in [4.78, 5) is 69.2. The van der Waals surface area contributed by atoms with Crippen molar-refractivity contribution in [3.63, 3.8) is 0 Å². The van der Waals surface area contributed by atoms with Gasteiger partial charge in [-0.3, -0.25) is 19.3 Å². The van der Waals surface area contributed by atoms with Crippen LogP contribution >= 0.6 is 0 Å². The molecule has 2 heterocycles. The van der Waals surface area contributed by atoms with Gasteiger partial charge in [0.25, 0.3) is 0 Å². The monoisotopic (exact) mass is 607 g/mol. The maximum absolute atomic E-state index is 14.3. The van der Waals surface area contributed by atoms with E-state index in [2.05, 4.69) is 5.32 Å². The number of aryl methyl sites for hydroxylation is 1. The van der Waals surface area contributed by atoms with Gasteiger partial charge in [-0.15, -0.1) is 0 Å². The number of likely N-dealkylation sites (tertiary alicyclic amines) is 2. The fourth-order valence-electron chi connectivity index (χ4n) is 6.18. The number of carbonyl (C=O) groups excluding carboxylic acids is 5. The normalized spacial score (nSPS) is 20.9. The predicted octanol–water partition coefficient (Wildman–Crippen LogP) is 3.31. The van der Waals surface area contributed by atoms with E-state index in [0.29, 0.717) is 38.8 Å². The van der Waals surface area contributed by atoms with Crippen LogP contribution in [0.15, 0.2) is 54.6 Å². The van der Waals surface area contributed by atoms with E-state index in [4.69, 9.17) is 14.2 Å². The summed E-state index contributed by atoms with van der Waals surface area (Å²) in [5.41, 5.74) is 1.30. The van der Waals surface area contributed by atoms with Crippen LogP contribution in [0.4, 0.5) is 4.79 Å². The van der Waals surface area contributed by atoms with Gasteiger partial charge in [-0.1, -0.05) is 60.2 Å². The van der Waals surface area contributed by atoms with E-state index in [1.807, 2.05) is 61.5 Å². The van der Waals surface area contributed by atoms with Gasteiger partial charge >= 0.3 is 18.0 Å². The Morgan fingerprint density at radius 2 is 1.73 bits per heavy atom. The van der Waals surface area contributed by atoms with Crippen LogP contribution in [-0.2, 0) is 46.4 Å². The second kappa shape index (κ2) is 14.4. The Morgan fingerprint density at radius 1 is 1.00 bits per heavy atom. The Balaban J connectivity index is 1.62. The molecule has 0 saturated carbocycles. The highest BCUT2D eigenvalue weighted by atomic mass is 16.6. The molecule has 236 valence electrons. The van der Waals surface area contributed by atoms with Crippen LogP contribution in [0, 0.1) is 6.92 Å². The summed E-state index contributed by atoms with van der Waals surface area (Å²) >= 11 is 0. The van der Waals surface area contributed by atoms with Crippen LogP contribution in [0.25, 0.3) is 0 Å². The van der Waals surface area contributed by atoms with Gasteiger partial charge in [0.05, 0.1) is 7.11 Å². The Morgan fingerprint density at radius 3 is 2.41 bits per heavy atom. The van der Waals surface area contributed by atoms with Crippen molar-refractivity contribution in [2.75, 3.05) is 20.2 Å². The largest absolute Gasteiger partial charge is 0.467 e. The number of esters is 2. The molecule has 0 radical (unpaired) electrons. The van der Waals surface area contributed by atoms with E-state index in [9.17, 15) is 24.0 Å². The highest BCUT2D eigenvalue weighted by Crippen LogP contribution is 2.36. The lowest BCUT2D eigenvalue weighted by Gasteiger charge is -2.40. The lowest BCUT2D eigenvalue weighted by molar-refractivity contribution is -0.158. The van der Waals surface area contributed by atoms with Crippen LogP contribution in [0.2, 0.25) is 0 Å². The number of nitrogens with zero attached hydrogens (tertiary/aromatic N) is 2. The van der Waals surface area contributed by atoms with Crippen molar-refractivity contribution in [1.82, 2.24) is 15.1 Å². The Labute approximate surface area is 257 Å². The first-order valence-electron chi connectivity index (χ1n) is 15.0. The molecule has 2 aliphatic heterocycles. The molecular formula is C33H41N3O8. The molecule has 2 fully saturated rings. The molecule has 0 bridgehead atoms. The van der Waals surface area contributed by atoms with Gasteiger partial charge in [0.15, 0.2) is 6.04 Å². The molecule has 2 aliphatic rings.